The Morgan fingerprint density at radius 3 is 1.10 bits per heavy atom. The fourth-order valence-corrected chi connectivity index (χ4v) is 7.62. The van der Waals surface area contributed by atoms with Crippen LogP contribution in [0.3, 0.4) is 0 Å². The molecule has 0 saturated carbocycles. The molecule has 0 aliphatic heterocycles. The third-order valence-corrected chi connectivity index (χ3v) is 10.7. The Labute approximate surface area is 359 Å². The van der Waals surface area contributed by atoms with Gasteiger partial charge in [-0.05, 0) is 51.6 Å². The number of benzene rings is 8. The van der Waals surface area contributed by atoms with Gasteiger partial charge in [-0.3, -0.25) is 0 Å². The second kappa shape index (κ2) is 16.9. The molecule has 0 spiro atoms. The molecule has 2 aromatic heterocycles. The van der Waals surface area contributed by atoms with Crippen molar-refractivity contribution in [2.45, 2.75) is 0 Å². The maximum atomic E-state index is 10.2. The summed E-state index contributed by atoms with van der Waals surface area (Å²) in [5, 5.41) is 10.2. The van der Waals surface area contributed by atoms with Crippen molar-refractivity contribution in [3.8, 4) is 108 Å². The van der Waals surface area contributed by atoms with E-state index in [9.17, 15) is 5.26 Å². The summed E-state index contributed by atoms with van der Waals surface area (Å²) in [6.45, 7) is 0. The van der Waals surface area contributed by atoms with Gasteiger partial charge in [0.2, 0.25) is 0 Å². The average molecular weight is 794 g/mol. The van der Waals surface area contributed by atoms with E-state index >= 15 is 0 Å². The molecule has 0 amide bonds. The van der Waals surface area contributed by atoms with Crippen LogP contribution in [0.25, 0.3) is 102 Å². The van der Waals surface area contributed by atoms with Gasteiger partial charge in [0.1, 0.15) is 0 Å². The van der Waals surface area contributed by atoms with Gasteiger partial charge in [-0.2, -0.15) is 5.26 Å². The Morgan fingerprint density at radius 2 is 0.597 bits per heavy atom. The lowest BCUT2D eigenvalue weighted by atomic mass is 9.87. The fraction of sp³-hybridized carbons (Fsp3) is 0. The highest BCUT2D eigenvalue weighted by Gasteiger charge is 2.20. The zero-order chi connectivity index (χ0) is 41.7. The van der Waals surface area contributed by atoms with Crippen LogP contribution in [0, 0.1) is 11.3 Å². The average Bonchev–Trinajstić information content (AvgIpc) is 3.37. The quantitative estimate of drug-likeness (QED) is 0.143. The first-order valence-corrected chi connectivity index (χ1v) is 20.3. The highest BCUT2D eigenvalue weighted by Crippen LogP contribution is 2.41. The summed E-state index contributed by atoms with van der Waals surface area (Å²) < 4.78 is 0. The summed E-state index contributed by atoms with van der Waals surface area (Å²) in [5.74, 6) is 3.46. The van der Waals surface area contributed by atoms with Gasteiger partial charge in [-0.25, -0.2) is 29.9 Å². The zero-order valence-corrected chi connectivity index (χ0v) is 33.3. The molecule has 0 aliphatic carbocycles. The smallest absolute Gasteiger partial charge is 0.164 e. The van der Waals surface area contributed by atoms with Crippen LogP contribution in [0.1, 0.15) is 5.56 Å². The molecular formula is C55H35N7. The summed E-state index contributed by atoms with van der Waals surface area (Å²) in [4.78, 5) is 30.2. The van der Waals surface area contributed by atoms with E-state index in [2.05, 4.69) is 48.5 Å². The number of nitrogens with zero attached hydrogens (tertiary/aromatic N) is 7. The predicted octanol–water partition coefficient (Wildman–Crippen LogP) is 12.9. The molecule has 10 aromatic rings. The minimum Gasteiger partial charge on any atom is -0.208 e. The zero-order valence-electron chi connectivity index (χ0n) is 33.3. The molecule has 0 saturated heterocycles. The van der Waals surface area contributed by atoms with Crippen LogP contribution >= 0.6 is 0 Å². The first kappa shape index (κ1) is 37.5. The van der Waals surface area contributed by atoms with Crippen molar-refractivity contribution in [2.75, 3.05) is 0 Å². The largest absolute Gasteiger partial charge is 0.208 e. The second-order valence-corrected chi connectivity index (χ2v) is 14.6. The fourth-order valence-electron chi connectivity index (χ4n) is 7.62. The van der Waals surface area contributed by atoms with Crippen LogP contribution in [0.2, 0.25) is 0 Å². The molecule has 0 radical (unpaired) electrons. The van der Waals surface area contributed by atoms with E-state index in [-0.39, 0.29) is 0 Å². The maximum absolute atomic E-state index is 10.2. The molecule has 0 unspecified atom stereocenters. The molecule has 62 heavy (non-hydrogen) atoms. The number of hydrogen-bond donors (Lipinski definition) is 0. The van der Waals surface area contributed by atoms with E-state index in [1.54, 1.807) is 0 Å². The van der Waals surface area contributed by atoms with Crippen molar-refractivity contribution in [3.05, 3.63) is 218 Å². The third-order valence-electron chi connectivity index (χ3n) is 10.7. The lowest BCUT2D eigenvalue weighted by molar-refractivity contribution is 1.07. The normalized spacial score (nSPS) is 10.9. The van der Waals surface area contributed by atoms with E-state index in [0.29, 0.717) is 40.5 Å². The predicted molar refractivity (Wildman–Crippen MR) is 247 cm³/mol. The Hall–Kier alpha value is -8.73. The Kier molecular flexibility index (Phi) is 10.2. The van der Waals surface area contributed by atoms with Crippen LogP contribution in [0.5, 0.6) is 0 Å². The molecule has 7 heteroatoms. The first-order valence-electron chi connectivity index (χ1n) is 20.3. The molecule has 2 heterocycles. The molecule has 0 atom stereocenters. The van der Waals surface area contributed by atoms with Crippen LogP contribution in [-0.2, 0) is 0 Å². The standard InChI is InChI=1S/C55H35N7/c56-36-44-26-13-14-29-45(44)42-32-33-47(46-30-15-16-31-48(46)55-61-52(39-22-9-3-10-23-39)58-53(62-55)40-24-11-4-12-25-40)49(35-42)41-27-17-28-43(34-41)54-59-50(37-18-5-1-6-19-37)57-51(60-54)38-20-7-2-8-21-38/h1-35H. The van der Waals surface area contributed by atoms with E-state index in [1.165, 1.54) is 0 Å². The van der Waals surface area contributed by atoms with E-state index in [4.69, 9.17) is 29.9 Å². The van der Waals surface area contributed by atoms with E-state index in [0.717, 1.165) is 66.8 Å². The number of rotatable bonds is 9. The molecule has 7 nitrogen and oxygen atoms in total. The first-order chi connectivity index (χ1) is 30.7. The van der Waals surface area contributed by atoms with Crippen LogP contribution in [0.4, 0.5) is 0 Å². The van der Waals surface area contributed by atoms with Crippen LogP contribution in [0.15, 0.2) is 212 Å². The Morgan fingerprint density at radius 1 is 0.242 bits per heavy atom. The maximum Gasteiger partial charge on any atom is 0.164 e. The van der Waals surface area contributed by atoms with Crippen molar-refractivity contribution in [3.63, 3.8) is 0 Å². The van der Waals surface area contributed by atoms with Gasteiger partial charge in [0, 0.05) is 33.4 Å². The summed E-state index contributed by atoms with van der Waals surface area (Å²) in [7, 11) is 0. The van der Waals surface area contributed by atoms with Crippen molar-refractivity contribution in [1.29, 1.82) is 5.26 Å². The van der Waals surface area contributed by atoms with Gasteiger partial charge in [-0.1, -0.05) is 194 Å². The monoisotopic (exact) mass is 793 g/mol. The highest BCUT2D eigenvalue weighted by atomic mass is 15.0. The molecular weight excluding hydrogens is 759 g/mol. The second-order valence-electron chi connectivity index (χ2n) is 14.6. The molecule has 290 valence electrons. The summed E-state index contributed by atoms with van der Waals surface area (Å²) in [5.41, 5.74) is 11.4. The van der Waals surface area contributed by atoms with Crippen molar-refractivity contribution in [2.24, 2.45) is 0 Å². The minimum absolute atomic E-state index is 0.555. The Balaban J connectivity index is 1.17. The Bertz CT molecular complexity index is 3120. The molecule has 8 aromatic carbocycles. The van der Waals surface area contributed by atoms with Crippen molar-refractivity contribution < 1.29 is 0 Å². The highest BCUT2D eigenvalue weighted by molar-refractivity contribution is 5.94. The molecule has 10 rings (SSSR count). The number of hydrogen-bond acceptors (Lipinski definition) is 7. The van der Waals surface area contributed by atoms with Crippen LogP contribution in [-0.4, -0.2) is 29.9 Å². The lowest BCUT2D eigenvalue weighted by Crippen LogP contribution is -2.01. The summed E-state index contributed by atoms with van der Waals surface area (Å²) >= 11 is 0. The molecule has 0 N–H and O–H groups in total. The van der Waals surface area contributed by atoms with Gasteiger partial charge in [0.05, 0.1) is 11.6 Å². The van der Waals surface area contributed by atoms with Gasteiger partial charge in [0.25, 0.3) is 0 Å². The van der Waals surface area contributed by atoms with E-state index in [1.807, 2.05) is 170 Å². The summed E-state index contributed by atoms with van der Waals surface area (Å²) in [6.07, 6.45) is 0. The summed E-state index contributed by atoms with van der Waals surface area (Å²) in [6, 6.07) is 72.9. The van der Waals surface area contributed by atoms with Crippen molar-refractivity contribution in [1.82, 2.24) is 29.9 Å². The lowest BCUT2D eigenvalue weighted by Gasteiger charge is -2.17. The third kappa shape index (κ3) is 7.63. The molecule has 0 fully saturated rings. The van der Waals surface area contributed by atoms with Gasteiger partial charge in [0.15, 0.2) is 34.9 Å². The topological polar surface area (TPSA) is 101 Å². The van der Waals surface area contributed by atoms with Gasteiger partial charge in [-0.15, -0.1) is 0 Å². The van der Waals surface area contributed by atoms with Gasteiger partial charge < -0.3 is 0 Å². The SMILES string of the molecule is N#Cc1ccccc1-c1ccc(-c2ccccc2-c2nc(-c3ccccc3)nc(-c3ccccc3)n2)c(-c2cccc(-c3nc(-c4ccccc4)nc(-c4ccccc4)n3)c2)c1. The van der Waals surface area contributed by atoms with Gasteiger partial charge >= 0.3 is 0 Å². The van der Waals surface area contributed by atoms with Crippen molar-refractivity contribution >= 4 is 0 Å². The molecule has 0 aliphatic rings. The van der Waals surface area contributed by atoms with Crippen LogP contribution < -0.4 is 0 Å². The molecule has 0 bridgehead atoms. The van der Waals surface area contributed by atoms with E-state index < -0.39 is 0 Å². The number of aromatic nitrogens is 6. The minimum atomic E-state index is 0.555. The number of nitriles is 1.